The van der Waals surface area contributed by atoms with Crippen molar-refractivity contribution in [2.24, 2.45) is 0 Å². The minimum atomic E-state index is -4.80. The fourth-order valence-electron chi connectivity index (χ4n) is 5.74. The maximum absolute atomic E-state index is 12.2. The number of unbranched alkanes of at least 4 members (excludes halogenated alkanes) is 15. The Morgan fingerprint density at radius 1 is 0.424 bits per heavy atom. The number of rotatable bonds is 45. The van der Waals surface area contributed by atoms with Gasteiger partial charge >= 0.3 is 27.6 Å². The molecule has 0 aromatic carbocycles. The summed E-state index contributed by atoms with van der Waals surface area (Å²) in [6.45, 7) is 0.140. The smallest absolute Gasteiger partial charge is 0.463 e. The number of phosphoric ester groups is 2. The lowest BCUT2D eigenvalue weighted by Crippen LogP contribution is -2.25. The van der Waals surface area contributed by atoms with E-state index >= 15 is 0 Å². The largest absolute Gasteiger partial charge is 0.472 e. The first kappa shape index (κ1) is 63.2. The molecule has 66 heavy (non-hydrogen) atoms. The number of allylic oxidation sites excluding steroid dienone is 14. The fraction of sp³-hybridized carbons (Fsp3) is 0.673. The normalized spacial score (nSPS) is 15.8. The van der Waals surface area contributed by atoms with E-state index in [1.807, 2.05) is 54.7 Å². The molecule has 15 nitrogen and oxygen atoms in total. The van der Waals surface area contributed by atoms with Crippen molar-refractivity contribution in [3.63, 3.8) is 0 Å². The van der Waals surface area contributed by atoms with Gasteiger partial charge in [-0.05, 0) is 57.8 Å². The molecule has 0 aromatic rings. The Morgan fingerprint density at radius 2 is 0.773 bits per heavy atom. The monoisotopic (exact) mass is 975 g/mol. The second kappa shape index (κ2) is 44.7. The highest BCUT2D eigenvalue weighted by Gasteiger charge is 2.28. The van der Waals surface area contributed by atoms with E-state index in [1.54, 1.807) is 0 Å². The molecule has 17 heteroatoms. The molecular formula is C49H84O15P2. The molecule has 0 spiro atoms. The molecule has 5 unspecified atom stereocenters. The highest BCUT2D eigenvalue weighted by atomic mass is 31.2. The lowest BCUT2D eigenvalue weighted by atomic mass is 10.0. The van der Waals surface area contributed by atoms with Gasteiger partial charge in [0.25, 0.3) is 0 Å². The summed E-state index contributed by atoms with van der Waals surface area (Å²) in [6.07, 6.45) is 45.9. The summed E-state index contributed by atoms with van der Waals surface area (Å²) in [5, 5.41) is 30.0. The Balaban J connectivity index is 3.92. The van der Waals surface area contributed by atoms with E-state index in [1.165, 1.54) is 70.6 Å². The first-order chi connectivity index (χ1) is 31.8. The molecule has 0 aliphatic heterocycles. The topological polar surface area (TPSA) is 225 Å². The Hall–Kier alpha value is -2.78. The molecule has 5 N–H and O–H groups in total. The van der Waals surface area contributed by atoms with E-state index in [-0.39, 0.29) is 12.8 Å². The van der Waals surface area contributed by atoms with Gasteiger partial charge in [-0.1, -0.05) is 170 Å². The molecule has 5 atom stereocenters. The maximum atomic E-state index is 12.2. The number of ether oxygens (including phenoxy) is 2. The van der Waals surface area contributed by atoms with Crippen LogP contribution in [0.25, 0.3) is 0 Å². The van der Waals surface area contributed by atoms with E-state index in [9.17, 15) is 43.8 Å². The molecule has 0 amide bonds. The van der Waals surface area contributed by atoms with Crippen LogP contribution in [0.5, 0.6) is 0 Å². The van der Waals surface area contributed by atoms with Gasteiger partial charge in [-0.15, -0.1) is 0 Å². The number of esters is 2. The molecule has 0 radical (unpaired) electrons. The van der Waals surface area contributed by atoms with Gasteiger partial charge in [0.15, 0.2) is 0 Å². The third-order valence-corrected chi connectivity index (χ3v) is 11.4. The molecule has 0 saturated carbocycles. The predicted molar refractivity (Wildman–Crippen MR) is 260 cm³/mol. The molecule has 380 valence electrons. The Labute approximate surface area is 396 Å². The lowest BCUT2D eigenvalue weighted by molar-refractivity contribution is -0.148. The number of aliphatic hydroxyl groups is 3. The molecule has 0 rings (SSSR count). The van der Waals surface area contributed by atoms with Gasteiger partial charge in [-0.3, -0.25) is 27.7 Å². The van der Waals surface area contributed by atoms with Gasteiger partial charge in [0.2, 0.25) is 0 Å². The SMILES string of the molecule is CC/C=C/C=C/C=C\C=C/C=C/CCCC(=O)OCC(O)COP(=O)(O)OCC(O)COP(=O)(O)OCC(O)COC(=O)CCCCCCCCCCCCC/C=C\C/C=C\CCCCC. The number of hydrogen-bond acceptors (Lipinski definition) is 13. The summed E-state index contributed by atoms with van der Waals surface area (Å²) < 4.78 is 52.9. The fourth-order valence-corrected chi connectivity index (χ4v) is 7.33. The van der Waals surface area contributed by atoms with E-state index in [2.05, 4.69) is 62.3 Å². The standard InChI is InChI=1S/C49H84O15P2/c1-3-5-7-9-11-13-15-17-18-19-20-21-22-23-24-26-28-30-32-34-36-38-49(54)60-40-46(51)42-62-66(57,58)64-44-47(52)43-63-65(55,56)61-41-45(50)39-59-48(53)37-35-33-31-29-27-25-16-14-12-10-8-6-4-2/h6,8,10-14,16-18,25,27,29,31,45-47,50-52H,3-5,7,9,15,19-24,26,28,30,32-44H2,1-2H3,(H,55,56)(H,57,58)/b8-6+,12-10+,13-11-,16-14-,18-17-,27-25-,31-29+. The van der Waals surface area contributed by atoms with Crippen LogP contribution in [0.15, 0.2) is 85.1 Å². The summed E-state index contributed by atoms with van der Waals surface area (Å²) in [5.41, 5.74) is 0. The zero-order chi connectivity index (χ0) is 48.8. The van der Waals surface area contributed by atoms with Gasteiger partial charge in [0, 0.05) is 12.8 Å². The van der Waals surface area contributed by atoms with Crippen molar-refractivity contribution in [2.45, 2.75) is 173 Å². The van der Waals surface area contributed by atoms with Crippen LogP contribution in [0.3, 0.4) is 0 Å². The molecule has 0 aromatic heterocycles. The molecule has 0 saturated heterocycles. The van der Waals surface area contributed by atoms with Crippen molar-refractivity contribution in [2.75, 3.05) is 39.6 Å². The van der Waals surface area contributed by atoms with Crippen molar-refractivity contribution in [3.8, 4) is 0 Å². The molecule has 0 aliphatic rings. The third kappa shape index (κ3) is 46.3. The second-order valence-electron chi connectivity index (χ2n) is 15.9. The number of phosphoric acid groups is 2. The summed E-state index contributed by atoms with van der Waals surface area (Å²) >= 11 is 0. The minimum absolute atomic E-state index is 0.0964. The minimum Gasteiger partial charge on any atom is -0.463 e. The average molecular weight is 975 g/mol. The number of hydrogen-bond donors (Lipinski definition) is 5. The first-order valence-corrected chi connectivity index (χ1v) is 27.0. The maximum Gasteiger partial charge on any atom is 0.472 e. The summed E-state index contributed by atoms with van der Waals surface area (Å²) in [6, 6.07) is 0. The highest BCUT2D eigenvalue weighted by molar-refractivity contribution is 7.47. The van der Waals surface area contributed by atoms with Crippen LogP contribution < -0.4 is 0 Å². The van der Waals surface area contributed by atoms with E-state index in [0.29, 0.717) is 19.3 Å². The van der Waals surface area contributed by atoms with Crippen molar-refractivity contribution in [1.29, 1.82) is 0 Å². The second-order valence-corrected chi connectivity index (χ2v) is 18.8. The first-order valence-electron chi connectivity index (χ1n) is 24.0. The van der Waals surface area contributed by atoms with Crippen LogP contribution in [-0.4, -0.2) is 95.0 Å². The van der Waals surface area contributed by atoms with E-state index in [0.717, 1.165) is 38.5 Å². The zero-order valence-electron chi connectivity index (χ0n) is 39.8. The van der Waals surface area contributed by atoms with E-state index < -0.39 is 85.5 Å². The van der Waals surface area contributed by atoms with Crippen LogP contribution in [-0.2, 0) is 46.3 Å². The molecule has 0 fully saturated rings. The van der Waals surface area contributed by atoms with Crippen molar-refractivity contribution in [1.82, 2.24) is 0 Å². The Kier molecular flexibility index (Phi) is 42.8. The highest BCUT2D eigenvalue weighted by Crippen LogP contribution is 2.45. The van der Waals surface area contributed by atoms with Crippen molar-refractivity contribution < 1.29 is 71.4 Å². The zero-order valence-corrected chi connectivity index (χ0v) is 41.6. The molecule has 0 aliphatic carbocycles. The number of carbonyl (C=O) groups is 2. The predicted octanol–water partition coefficient (Wildman–Crippen LogP) is 10.9. The van der Waals surface area contributed by atoms with Crippen LogP contribution >= 0.6 is 15.6 Å². The van der Waals surface area contributed by atoms with Crippen LogP contribution in [0.1, 0.15) is 155 Å². The summed E-state index contributed by atoms with van der Waals surface area (Å²) in [7, 11) is -9.60. The van der Waals surface area contributed by atoms with Crippen LogP contribution in [0.4, 0.5) is 0 Å². The molecular weight excluding hydrogens is 890 g/mol. The number of carbonyl (C=O) groups excluding carboxylic acids is 2. The summed E-state index contributed by atoms with van der Waals surface area (Å²) in [5.74, 6) is -1.07. The van der Waals surface area contributed by atoms with Gasteiger partial charge < -0.3 is 34.6 Å². The van der Waals surface area contributed by atoms with Gasteiger partial charge in [-0.25, -0.2) is 9.13 Å². The van der Waals surface area contributed by atoms with Gasteiger partial charge in [0.05, 0.1) is 26.4 Å². The quantitative estimate of drug-likeness (QED) is 0.0126. The van der Waals surface area contributed by atoms with Gasteiger partial charge in [-0.2, -0.15) is 0 Å². The molecule has 0 bridgehead atoms. The Bertz CT molecular complexity index is 1510. The summed E-state index contributed by atoms with van der Waals surface area (Å²) in [4.78, 5) is 43.7. The average Bonchev–Trinajstić information content (AvgIpc) is 3.29. The Morgan fingerprint density at radius 3 is 1.21 bits per heavy atom. The lowest BCUT2D eigenvalue weighted by Gasteiger charge is -2.19. The van der Waals surface area contributed by atoms with Crippen LogP contribution in [0.2, 0.25) is 0 Å². The van der Waals surface area contributed by atoms with Gasteiger partial charge in [0.1, 0.15) is 31.5 Å². The number of aliphatic hydroxyl groups excluding tert-OH is 3. The van der Waals surface area contributed by atoms with Crippen molar-refractivity contribution >= 4 is 27.6 Å². The van der Waals surface area contributed by atoms with Crippen molar-refractivity contribution in [3.05, 3.63) is 85.1 Å². The van der Waals surface area contributed by atoms with E-state index in [4.69, 9.17) is 9.47 Å². The van der Waals surface area contributed by atoms with Crippen LogP contribution in [0, 0.1) is 0 Å². The molecule has 0 heterocycles. The third-order valence-electron chi connectivity index (χ3n) is 9.46.